The third-order valence-corrected chi connectivity index (χ3v) is 3.85. The maximum Gasteiger partial charge on any atom is 0.336 e. The average Bonchev–Trinajstić information content (AvgIpc) is 2.80. The van der Waals surface area contributed by atoms with E-state index in [2.05, 4.69) is 0 Å². The molecule has 2 aromatic rings. The minimum atomic E-state index is -1.24. The summed E-state index contributed by atoms with van der Waals surface area (Å²) in [7, 11) is 1.87. The van der Waals surface area contributed by atoms with E-state index in [1.807, 2.05) is 42.1 Å². The zero-order valence-electron chi connectivity index (χ0n) is 13.5. The van der Waals surface area contributed by atoms with Crippen molar-refractivity contribution in [3.8, 4) is 0 Å². The summed E-state index contributed by atoms with van der Waals surface area (Å²) in [5.41, 5.74) is 2.24. The van der Waals surface area contributed by atoms with Crippen molar-refractivity contribution in [2.45, 2.75) is 20.8 Å². The van der Waals surface area contributed by atoms with Gasteiger partial charge in [-0.25, -0.2) is 9.59 Å². The molecule has 0 fully saturated rings. The summed E-state index contributed by atoms with van der Waals surface area (Å²) in [6.07, 6.45) is 1.83. The predicted molar refractivity (Wildman–Crippen MR) is 89.2 cm³/mol. The molecule has 5 heteroatoms. The first-order valence-electron chi connectivity index (χ1n) is 7.15. The van der Waals surface area contributed by atoms with Crippen LogP contribution in [0.15, 0.2) is 47.2 Å². The molecular formula is C18H19NO4. The monoisotopic (exact) mass is 313 g/mol. The van der Waals surface area contributed by atoms with Gasteiger partial charge in [0.05, 0.1) is 11.1 Å². The minimum Gasteiger partial charge on any atom is -0.478 e. The van der Waals surface area contributed by atoms with E-state index in [9.17, 15) is 19.8 Å². The molecule has 0 unspecified atom stereocenters. The first-order chi connectivity index (χ1) is 10.8. The van der Waals surface area contributed by atoms with Crippen molar-refractivity contribution in [2.75, 3.05) is 0 Å². The van der Waals surface area contributed by atoms with Crippen LogP contribution in [0.4, 0.5) is 0 Å². The molecule has 2 N–H and O–H groups in total. The molecule has 0 atom stereocenters. The number of carboxylic acid groups (broad SMARTS) is 2. The van der Waals surface area contributed by atoms with Crippen LogP contribution in [-0.4, -0.2) is 26.7 Å². The highest BCUT2D eigenvalue weighted by Gasteiger charge is 2.25. The summed E-state index contributed by atoms with van der Waals surface area (Å²) in [5, 5.41) is 19.9. The predicted octanol–water partition coefficient (Wildman–Crippen LogP) is 3.46. The van der Waals surface area contributed by atoms with Gasteiger partial charge >= 0.3 is 11.9 Å². The number of carboxylic acids is 2. The normalized spacial score (nSPS) is 12.0. The third-order valence-electron chi connectivity index (χ3n) is 3.85. The molecular weight excluding hydrogens is 294 g/mol. The lowest BCUT2D eigenvalue weighted by molar-refractivity contribution is -0.136. The molecule has 0 amide bonds. The smallest absolute Gasteiger partial charge is 0.336 e. The van der Waals surface area contributed by atoms with Gasteiger partial charge in [0, 0.05) is 29.7 Å². The van der Waals surface area contributed by atoms with E-state index >= 15 is 0 Å². The van der Waals surface area contributed by atoms with Crippen LogP contribution in [0.2, 0.25) is 0 Å². The number of carbonyl (C=O) groups is 2. The Hall–Kier alpha value is -2.82. The summed E-state index contributed by atoms with van der Waals surface area (Å²) in [6.45, 7) is 4.85. The molecule has 0 aliphatic heterocycles. The van der Waals surface area contributed by atoms with Gasteiger partial charge in [-0.15, -0.1) is 0 Å². The Labute approximate surface area is 134 Å². The maximum atomic E-state index is 11.7. The van der Waals surface area contributed by atoms with Gasteiger partial charge in [-0.2, -0.15) is 0 Å². The number of nitrogens with zero attached hydrogens (tertiary/aromatic N) is 1. The van der Waals surface area contributed by atoms with Gasteiger partial charge in [0.1, 0.15) is 0 Å². The zero-order chi connectivity index (χ0) is 17.3. The van der Waals surface area contributed by atoms with Gasteiger partial charge in [-0.3, -0.25) is 0 Å². The van der Waals surface area contributed by atoms with Crippen molar-refractivity contribution in [2.24, 2.45) is 7.05 Å². The largest absolute Gasteiger partial charge is 0.478 e. The molecule has 0 aliphatic rings. The van der Waals surface area contributed by atoms with Gasteiger partial charge in [-0.1, -0.05) is 23.8 Å². The van der Waals surface area contributed by atoms with Crippen LogP contribution in [0.3, 0.4) is 0 Å². The average molecular weight is 313 g/mol. The second-order valence-electron chi connectivity index (χ2n) is 5.66. The van der Waals surface area contributed by atoms with E-state index < -0.39 is 11.9 Å². The maximum absolute atomic E-state index is 11.7. The molecule has 0 bridgehead atoms. The summed E-state index contributed by atoms with van der Waals surface area (Å²) in [5.74, 6) is -2.48. The van der Waals surface area contributed by atoms with E-state index in [0.29, 0.717) is 11.1 Å². The first-order valence-corrected chi connectivity index (χ1v) is 7.15. The van der Waals surface area contributed by atoms with E-state index in [0.717, 1.165) is 16.5 Å². The molecule has 0 saturated heterocycles. The summed E-state index contributed by atoms with van der Waals surface area (Å²) in [4.78, 5) is 23.3. The third kappa shape index (κ3) is 2.90. The van der Waals surface area contributed by atoms with E-state index in [1.165, 1.54) is 0 Å². The number of rotatable bonds is 4. The number of fused-ring (bicyclic) bond motifs is 1. The lowest BCUT2D eigenvalue weighted by Gasteiger charge is -2.11. The van der Waals surface area contributed by atoms with Crippen molar-refractivity contribution < 1.29 is 19.8 Å². The lowest BCUT2D eigenvalue weighted by atomic mass is 9.93. The lowest BCUT2D eigenvalue weighted by Crippen LogP contribution is -2.14. The second kappa shape index (κ2) is 6.12. The Morgan fingerprint density at radius 1 is 0.957 bits per heavy atom. The van der Waals surface area contributed by atoms with Crippen molar-refractivity contribution in [3.05, 3.63) is 52.7 Å². The van der Waals surface area contributed by atoms with Crippen LogP contribution >= 0.6 is 0 Å². The molecule has 1 aromatic heterocycles. The zero-order valence-corrected chi connectivity index (χ0v) is 13.5. The van der Waals surface area contributed by atoms with Gasteiger partial charge in [0.15, 0.2) is 0 Å². The topological polar surface area (TPSA) is 79.5 Å². The SMILES string of the molecule is CC(C)=C(C(=O)O)/C(C(=O)O)=C(\C)c1cn(C)c2ccccc12. The molecule has 0 aliphatic carbocycles. The molecule has 120 valence electrons. The Bertz CT molecular complexity index is 864. The summed E-state index contributed by atoms with van der Waals surface area (Å²) in [6, 6.07) is 7.61. The van der Waals surface area contributed by atoms with Crippen molar-refractivity contribution in [3.63, 3.8) is 0 Å². The quantitative estimate of drug-likeness (QED) is 0.669. The standard InChI is InChI=1S/C18H19NO4/c1-10(2)15(17(20)21)16(18(22)23)11(3)13-9-19(4)14-8-6-5-7-12(13)14/h5-9H,1-4H3,(H,20,21)(H,22,23)/b16-11-. The first kappa shape index (κ1) is 16.5. The fourth-order valence-electron chi connectivity index (χ4n) is 2.80. The van der Waals surface area contributed by atoms with Gasteiger partial charge in [-0.05, 0) is 32.4 Å². The van der Waals surface area contributed by atoms with Gasteiger partial charge < -0.3 is 14.8 Å². The molecule has 1 heterocycles. The molecule has 0 saturated carbocycles. The number of hydrogen-bond acceptors (Lipinski definition) is 2. The van der Waals surface area contributed by atoms with Crippen molar-refractivity contribution >= 4 is 28.4 Å². The van der Waals surface area contributed by atoms with Gasteiger partial charge in [0.25, 0.3) is 0 Å². The second-order valence-corrected chi connectivity index (χ2v) is 5.66. The highest BCUT2D eigenvalue weighted by molar-refractivity contribution is 6.12. The Kier molecular flexibility index (Phi) is 4.40. The number of aromatic nitrogens is 1. The number of allylic oxidation sites excluding steroid dienone is 2. The molecule has 2 rings (SSSR count). The van der Waals surface area contributed by atoms with Crippen LogP contribution in [0.5, 0.6) is 0 Å². The van der Waals surface area contributed by atoms with Crippen LogP contribution in [-0.2, 0) is 16.6 Å². The molecule has 1 aromatic carbocycles. The highest BCUT2D eigenvalue weighted by atomic mass is 16.4. The van der Waals surface area contributed by atoms with Crippen molar-refractivity contribution in [1.29, 1.82) is 0 Å². The molecule has 5 nitrogen and oxygen atoms in total. The summed E-state index contributed by atoms with van der Waals surface area (Å²) < 4.78 is 1.90. The van der Waals surface area contributed by atoms with Crippen molar-refractivity contribution in [1.82, 2.24) is 4.57 Å². The number of benzene rings is 1. The number of hydrogen-bond donors (Lipinski definition) is 2. The minimum absolute atomic E-state index is 0.164. The molecule has 23 heavy (non-hydrogen) atoms. The van der Waals surface area contributed by atoms with Crippen LogP contribution in [0, 0.1) is 0 Å². The molecule has 0 spiro atoms. The number of aliphatic carboxylic acids is 2. The van der Waals surface area contributed by atoms with Crippen LogP contribution in [0.1, 0.15) is 26.3 Å². The fraction of sp³-hybridized carbons (Fsp3) is 0.222. The van der Waals surface area contributed by atoms with Crippen LogP contribution < -0.4 is 0 Å². The Morgan fingerprint density at radius 3 is 2.04 bits per heavy atom. The number of aryl methyl sites for hydroxylation is 1. The number of para-hydroxylation sites is 1. The Balaban J connectivity index is 2.85. The molecule has 0 radical (unpaired) electrons. The highest BCUT2D eigenvalue weighted by Crippen LogP contribution is 2.31. The van der Waals surface area contributed by atoms with E-state index in [4.69, 9.17) is 0 Å². The van der Waals surface area contributed by atoms with E-state index in [-0.39, 0.29) is 11.1 Å². The van der Waals surface area contributed by atoms with Crippen LogP contribution in [0.25, 0.3) is 16.5 Å². The Morgan fingerprint density at radius 2 is 1.52 bits per heavy atom. The fourth-order valence-corrected chi connectivity index (χ4v) is 2.80. The van der Waals surface area contributed by atoms with E-state index in [1.54, 1.807) is 20.8 Å². The summed E-state index contributed by atoms with van der Waals surface area (Å²) >= 11 is 0. The van der Waals surface area contributed by atoms with Gasteiger partial charge in [0.2, 0.25) is 0 Å².